The SMILES string of the molecule is Cc1cccc(Cc2cc(C)ccc2C(=O)O)c1. The van der Waals surface area contributed by atoms with Gasteiger partial charge in [-0.25, -0.2) is 4.79 Å². The first-order valence-corrected chi connectivity index (χ1v) is 5.94. The van der Waals surface area contributed by atoms with Crippen LogP contribution in [-0.2, 0) is 6.42 Å². The maximum Gasteiger partial charge on any atom is 0.335 e. The Hall–Kier alpha value is -2.09. The fourth-order valence-corrected chi connectivity index (χ4v) is 2.12. The predicted molar refractivity (Wildman–Crippen MR) is 72.1 cm³/mol. The van der Waals surface area contributed by atoms with Gasteiger partial charge in [-0.3, -0.25) is 0 Å². The van der Waals surface area contributed by atoms with Crippen molar-refractivity contribution in [1.29, 1.82) is 0 Å². The Balaban J connectivity index is 2.39. The van der Waals surface area contributed by atoms with Gasteiger partial charge in [-0.15, -0.1) is 0 Å². The molecule has 0 spiro atoms. The van der Waals surface area contributed by atoms with Crippen LogP contribution in [0.3, 0.4) is 0 Å². The average Bonchev–Trinajstić information content (AvgIpc) is 2.28. The highest BCUT2D eigenvalue weighted by molar-refractivity contribution is 5.89. The van der Waals surface area contributed by atoms with Crippen molar-refractivity contribution in [2.45, 2.75) is 20.3 Å². The lowest BCUT2D eigenvalue weighted by Gasteiger charge is -2.08. The summed E-state index contributed by atoms with van der Waals surface area (Å²) in [5.74, 6) is -0.863. The van der Waals surface area contributed by atoms with E-state index in [-0.39, 0.29) is 0 Å². The van der Waals surface area contributed by atoms with Crippen LogP contribution in [0.25, 0.3) is 0 Å². The molecular formula is C16H16O2. The molecule has 0 heterocycles. The number of hydrogen-bond donors (Lipinski definition) is 1. The van der Waals surface area contributed by atoms with Gasteiger partial charge in [0.15, 0.2) is 0 Å². The van der Waals surface area contributed by atoms with Gasteiger partial charge < -0.3 is 5.11 Å². The van der Waals surface area contributed by atoms with Crippen molar-refractivity contribution in [3.63, 3.8) is 0 Å². The number of carboxylic acids is 1. The summed E-state index contributed by atoms with van der Waals surface area (Å²) in [6.45, 7) is 4.02. The highest BCUT2D eigenvalue weighted by Crippen LogP contribution is 2.17. The molecule has 1 N–H and O–H groups in total. The minimum atomic E-state index is -0.863. The zero-order valence-corrected chi connectivity index (χ0v) is 10.6. The van der Waals surface area contributed by atoms with Crippen LogP contribution in [0.1, 0.15) is 32.6 Å². The van der Waals surface area contributed by atoms with E-state index in [2.05, 4.69) is 6.07 Å². The van der Waals surface area contributed by atoms with Crippen LogP contribution >= 0.6 is 0 Å². The van der Waals surface area contributed by atoms with E-state index in [0.29, 0.717) is 12.0 Å². The molecule has 18 heavy (non-hydrogen) atoms. The van der Waals surface area contributed by atoms with E-state index in [1.54, 1.807) is 6.07 Å². The largest absolute Gasteiger partial charge is 0.478 e. The van der Waals surface area contributed by atoms with Crippen LogP contribution in [0.5, 0.6) is 0 Å². The molecule has 0 atom stereocenters. The van der Waals surface area contributed by atoms with Gasteiger partial charge in [-0.05, 0) is 37.5 Å². The Kier molecular flexibility index (Phi) is 3.47. The molecule has 2 rings (SSSR count). The Bertz CT molecular complexity index is 585. The zero-order valence-electron chi connectivity index (χ0n) is 10.6. The van der Waals surface area contributed by atoms with Crippen LogP contribution in [0.15, 0.2) is 42.5 Å². The van der Waals surface area contributed by atoms with Crippen molar-refractivity contribution < 1.29 is 9.90 Å². The molecule has 0 aliphatic heterocycles. The molecule has 0 bridgehead atoms. The summed E-state index contributed by atoms with van der Waals surface area (Å²) in [7, 11) is 0. The van der Waals surface area contributed by atoms with Gasteiger partial charge in [0.1, 0.15) is 0 Å². The zero-order chi connectivity index (χ0) is 13.1. The second-order valence-corrected chi connectivity index (χ2v) is 4.63. The molecule has 0 radical (unpaired) electrons. The number of benzene rings is 2. The van der Waals surface area contributed by atoms with E-state index >= 15 is 0 Å². The van der Waals surface area contributed by atoms with Crippen molar-refractivity contribution in [2.75, 3.05) is 0 Å². The van der Waals surface area contributed by atoms with Crippen LogP contribution in [-0.4, -0.2) is 11.1 Å². The van der Waals surface area contributed by atoms with Crippen molar-refractivity contribution >= 4 is 5.97 Å². The summed E-state index contributed by atoms with van der Waals surface area (Å²) in [4.78, 5) is 11.2. The molecule has 2 aromatic rings. The van der Waals surface area contributed by atoms with Crippen molar-refractivity contribution in [2.24, 2.45) is 0 Å². The summed E-state index contributed by atoms with van der Waals surface area (Å²) in [6, 6.07) is 13.6. The number of hydrogen-bond acceptors (Lipinski definition) is 1. The summed E-state index contributed by atoms with van der Waals surface area (Å²) in [5.41, 5.74) is 4.68. The molecule has 2 heteroatoms. The van der Waals surface area contributed by atoms with E-state index < -0.39 is 5.97 Å². The first-order chi connectivity index (χ1) is 8.56. The Morgan fingerprint density at radius 3 is 2.44 bits per heavy atom. The monoisotopic (exact) mass is 240 g/mol. The fraction of sp³-hybridized carbons (Fsp3) is 0.188. The molecule has 0 unspecified atom stereocenters. The molecule has 0 aliphatic carbocycles. The number of rotatable bonds is 3. The standard InChI is InChI=1S/C16H16O2/c1-11-4-3-5-13(8-11)10-14-9-12(2)6-7-15(14)16(17)18/h3-9H,10H2,1-2H3,(H,17,18). The van der Waals surface area contributed by atoms with Crippen LogP contribution in [0.2, 0.25) is 0 Å². The first-order valence-electron chi connectivity index (χ1n) is 5.94. The molecule has 2 nitrogen and oxygen atoms in total. The highest BCUT2D eigenvalue weighted by atomic mass is 16.4. The Morgan fingerprint density at radius 1 is 1.06 bits per heavy atom. The topological polar surface area (TPSA) is 37.3 Å². The molecular weight excluding hydrogens is 224 g/mol. The average molecular weight is 240 g/mol. The molecule has 0 aromatic heterocycles. The first kappa shape index (κ1) is 12.4. The fourth-order valence-electron chi connectivity index (χ4n) is 2.12. The van der Waals surface area contributed by atoms with Crippen LogP contribution < -0.4 is 0 Å². The molecule has 0 aliphatic rings. The maximum absolute atomic E-state index is 11.2. The molecule has 0 saturated heterocycles. The molecule has 0 saturated carbocycles. The Labute approximate surface area is 107 Å². The van der Waals surface area contributed by atoms with Crippen molar-refractivity contribution in [3.05, 3.63) is 70.3 Å². The number of carboxylic acid groups (broad SMARTS) is 1. The van der Waals surface area contributed by atoms with E-state index in [4.69, 9.17) is 0 Å². The normalized spacial score (nSPS) is 10.3. The molecule has 2 aromatic carbocycles. The molecule has 0 fully saturated rings. The van der Waals surface area contributed by atoms with Crippen LogP contribution in [0.4, 0.5) is 0 Å². The number of aromatic carboxylic acids is 1. The third-order valence-electron chi connectivity index (χ3n) is 2.97. The van der Waals surface area contributed by atoms with Gasteiger partial charge in [0, 0.05) is 0 Å². The second-order valence-electron chi connectivity index (χ2n) is 4.63. The maximum atomic E-state index is 11.2. The van der Waals surface area contributed by atoms with Crippen LogP contribution in [0, 0.1) is 13.8 Å². The van der Waals surface area contributed by atoms with Gasteiger partial charge in [0.05, 0.1) is 5.56 Å². The lowest BCUT2D eigenvalue weighted by Crippen LogP contribution is -2.03. The highest BCUT2D eigenvalue weighted by Gasteiger charge is 2.10. The molecule has 92 valence electrons. The van der Waals surface area contributed by atoms with E-state index in [0.717, 1.165) is 16.7 Å². The van der Waals surface area contributed by atoms with Gasteiger partial charge >= 0.3 is 5.97 Å². The number of carbonyl (C=O) groups is 1. The minimum Gasteiger partial charge on any atom is -0.478 e. The summed E-state index contributed by atoms with van der Waals surface area (Å²) in [5, 5.41) is 9.19. The third kappa shape index (κ3) is 2.77. The number of aryl methyl sites for hydroxylation is 2. The van der Waals surface area contributed by atoms with Gasteiger partial charge in [0.25, 0.3) is 0 Å². The smallest absolute Gasteiger partial charge is 0.335 e. The lowest BCUT2D eigenvalue weighted by molar-refractivity contribution is 0.0696. The van der Waals surface area contributed by atoms with E-state index in [1.165, 1.54) is 5.56 Å². The van der Waals surface area contributed by atoms with Gasteiger partial charge in [-0.2, -0.15) is 0 Å². The minimum absolute atomic E-state index is 0.391. The predicted octanol–water partition coefficient (Wildman–Crippen LogP) is 3.59. The van der Waals surface area contributed by atoms with Gasteiger partial charge in [0.2, 0.25) is 0 Å². The van der Waals surface area contributed by atoms with Crippen molar-refractivity contribution in [1.82, 2.24) is 0 Å². The second kappa shape index (κ2) is 5.05. The third-order valence-corrected chi connectivity index (χ3v) is 2.97. The van der Waals surface area contributed by atoms with E-state index in [9.17, 15) is 9.90 Å². The summed E-state index contributed by atoms with van der Waals surface area (Å²) < 4.78 is 0. The van der Waals surface area contributed by atoms with Crippen molar-refractivity contribution in [3.8, 4) is 0 Å². The lowest BCUT2D eigenvalue weighted by atomic mass is 9.97. The quantitative estimate of drug-likeness (QED) is 0.890. The van der Waals surface area contributed by atoms with Gasteiger partial charge in [-0.1, -0.05) is 47.5 Å². The Morgan fingerprint density at radius 2 is 1.78 bits per heavy atom. The molecule has 0 amide bonds. The summed E-state index contributed by atoms with van der Waals surface area (Å²) >= 11 is 0. The van der Waals surface area contributed by atoms with E-state index in [1.807, 2.05) is 44.2 Å². The summed E-state index contributed by atoms with van der Waals surface area (Å²) in [6.07, 6.45) is 0.658.